The van der Waals surface area contributed by atoms with Crippen molar-refractivity contribution in [3.63, 3.8) is 0 Å². The molecular weight excluding hydrogens is 246 g/mol. The molecule has 2 aromatic carbocycles. The fourth-order valence-electron chi connectivity index (χ4n) is 2.94. The van der Waals surface area contributed by atoms with Gasteiger partial charge in [-0.05, 0) is 42.2 Å². The molecule has 0 N–H and O–H groups in total. The third kappa shape index (κ3) is 2.56. The summed E-state index contributed by atoms with van der Waals surface area (Å²) in [7, 11) is 1.71. The maximum atomic E-state index is 5.23. The molecule has 2 heteroatoms. The van der Waals surface area contributed by atoms with Crippen LogP contribution in [0.5, 0.6) is 5.75 Å². The third-order valence-electron chi connectivity index (χ3n) is 4.31. The number of methoxy groups -OCH3 is 1. The molecule has 0 bridgehead atoms. The molecule has 1 aliphatic heterocycles. The number of fused-ring (bicyclic) bond motifs is 1. The molecule has 3 rings (SSSR count). The molecule has 1 atom stereocenters. The van der Waals surface area contributed by atoms with E-state index in [-0.39, 0.29) is 0 Å². The van der Waals surface area contributed by atoms with Gasteiger partial charge in [-0.1, -0.05) is 36.4 Å². The summed E-state index contributed by atoms with van der Waals surface area (Å²) in [6.45, 7) is 4.46. The van der Waals surface area contributed by atoms with Gasteiger partial charge >= 0.3 is 0 Å². The van der Waals surface area contributed by atoms with Gasteiger partial charge in [0.25, 0.3) is 0 Å². The Bertz CT molecular complexity index is 576. The number of benzene rings is 2. The number of rotatable bonds is 3. The quantitative estimate of drug-likeness (QED) is 0.838. The average molecular weight is 267 g/mol. The van der Waals surface area contributed by atoms with E-state index in [1.54, 1.807) is 7.11 Å². The Morgan fingerprint density at radius 2 is 1.70 bits per heavy atom. The van der Waals surface area contributed by atoms with Crippen LogP contribution in [-0.4, -0.2) is 18.6 Å². The van der Waals surface area contributed by atoms with Crippen molar-refractivity contribution < 1.29 is 4.74 Å². The third-order valence-corrected chi connectivity index (χ3v) is 4.31. The maximum Gasteiger partial charge on any atom is 0.118 e. The lowest BCUT2D eigenvalue weighted by Gasteiger charge is -2.34. The van der Waals surface area contributed by atoms with Gasteiger partial charge in [-0.3, -0.25) is 4.90 Å². The van der Waals surface area contributed by atoms with Crippen LogP contribution in [0.1, 0.15) is 29.7 Å². The highest BCUT2D eigenvalue weighted by molar-refractivity contribution is 5.31. The molecule has 0 spiro atoms. The van der Waals surface area contributed by atoms with E-state index in [9.17, 15) is 0 Å². The van der Waals surface area contributed by atoms with E-state index in [4.69, 9.17) is 4.74 Å². The molecule has 0 saturated heterocycles. The van der Waals surface area contributed by atoms with Crippen LogP contribution in [-0.2, 0) is 13.0 Å². The number of hydrogen-bond acceptors (Lipinski definition) is 2. The molecule has 1 aliphatic rings. The van der Waals surface area contributed by atoms with Gasteiger partial charge in [0.2, 0.25) is 0 Å². The second kappa shape index (κ2) is 5.68. The lowest BCUT2D eigenvalue weighted by Crippen LogP contribution is -2.32. The van der Waals surface area contributed by atoms with Crippen LogP contribution in [0.15, 0.2) is 48.5 Å². The van der Waals surface area contributed by atoms with Crippen LogP contribution in [0.3, 0.4) is 0 Å². The standard InChI is InChI=1S/C18H21NO/c1-14(15-7-9-18(20-2)10-8-15)19-12-11-16-5-3-4-6-17(16)13-19/h3-10,14H,11-13H2,1-2H3. The van der Waals surface area contributed by atoms with E-state index >= 15 is 0 Å². The highest BCUT2D eigenvalue weighted by Crippen LogP contribution is 2.28. The van der Waals surface area contributed by atoms with E-state index in [1.165, 1.54) is 16.7 Å². The van der Waals surface area contributed by atoms with Gasteiger partial charge in [-0.15, -0.1) is 0 Å². The van der Waals surface area contributed by atoms with Gasteiger partial charge in [0.05, 0.1) is 7.11 Å². The van der Waals surface area contributed by atoms with Crippen molar-refractivity contribution in [1.82, 2.24) is 4.90 Å². The van der Waals surface area contributed by atoms with E-state index in [0.717, 1.165) is 25.3 Å². The summed E-state index contributed by atoms with van der Waals surface area (Å²) >= 11 is 0. The van der Waals surface area contributed by atoms with Gasteiger partial charge < -0.3 is 4.74 Å². The first-order valence-electron chi connectivity index (χ1n) is 7.22. The summed E-state index contributed by atoms with van der Waals surface area (Å²) in [6, 6.07) is 17.7. The topological polar surface area (TPSA) is 12.5 Å². The Labute approximate surface area is 121 Å². The van der Waals surface area contributed by atoms with Crippen LogP contribution in [0.25, 0.3) is 0 Å². The number of ether oxygens (including phenoxy) is 1. The molecule has 0 fully saturated rings. The van der Waals surface area contributed by atoms with Crippen molar-refractivity contribution in [3.05, 3.63) is 65.2 Å². The zero-order valence-electron chi connectivity index (χ0n) is 12.2. The Hall–Kier alpha value is -1.80. The molecule has 0 aliphatic carbocycles. The smallest absolute Gasteiger partial charge is 0.118 e. The van der Waals surface area contributed by atoms with Crippen LogP contribution in [0, 0.1) is 0 Å². The first-order chi connectivity index (χ1) is 9.78. The van der Waals surface area contributed by atoms with Crippen molar-refractivity contribution in [2.45, 2.75) is 25.9 Å². The predicted molar refractivity (Wildman–Crippen MR) is 82.0 cm³/mol. The molecule has 0 saturated carbocycles. The van der Waals surface area contributed by atoms with Gasteiger partial charge in [0.1, 0.15) is 5.75 Å². The van der Waals surface area contributed by atoms with Crippen molar-refractivity contribution in [2.24, 2.45) is 0 Å². The van der Waals surface area contributed by atoms with E-state index < -0.39 is 0 Å². The minimum atomic E-state index is 0.439. The molecule has 2 aromatic rings. The maximum absolute atomic E-state index is 5.23. The van der Waals surface area contributed by atoms with Gasteiger partial charge in [-0.25, -0.2) is 0 Å². The number of nitrogens with zero attached hydrogens (tertiary/aromatic N) is 1. The highest BCUT2D eigenvalue weighted by atomic mass is 16.5. The molecule has 2 nitrogen and oxygen atoms in total. The Balaban J connectivity index is 1.76. The van der Waals surface area contributed by atoms with Crippen LogP contribution >= 0.6 is 0 Å². The largest absolute Gasteiger partial charge is 0.497 e. The fraction of sp³-hybridized carbons (Fsp3) is 0.333. The lowest BCUT2D eigenvalue weighted by molar-refractivity contribution is 0.192. The van der Waals surface area contributed by atoms with Crippen LogP contribution in [0.4, 0.5) is 0 Å². The van der Waals surface area contributed by atoms with E-state index in [2.05, 4.69) is 48.2 Å². The normalized spacial score (nSPS) is 16.5. The molecule has 20 heavy (non-hydrogen) atoms. The minimum Gasteiger partial charge on any atom is -0.497 e. The highest BCUT2D eigenvalue weighted by Gasteiger charge is 2.21. The molecule has 1 heterocycles. The fourth-order valence-corrected chi connectivity index (χ4v) is 2.94. The second-order valence-corrected chi connectivity index (χ2v) is 5.44. The van der Waals surface area contributed by atoms with Crippen molar-refractivity contribution in [2.75, 3.05) is 13.7 Å². The first-order valence-corrected chi connectivity index (χ1v) is 7.22. The molecule has 0 amide bonds. The van der Waals surface area contributed by atoms with Gasteiger partial charge in [0, 0.05) is 19.1 Å². The van der Waals surface area contributed by atoms with E-state index in [0.29, 0.717) is 6.04 Å². The summed E-state index contributed by atoms with van der Waals surface area (Å²) in [6.07, 6.45) is 1.15. The predicted octanol–water partition coefficient (Wildman–Crippen LogP) is 3.81. The molecule has 104 valence electrons. The summed E-state index contributed by atoms with van der Waals surface area (Å²) in [5.74, 6) is 0.921. The summed E-state index contributed by atoms with van der Waals surface area (Å²) in [4.78, 5) is 2.55. The SMILES string of the molecule is COc1ccc(C(C)N2CCc3ccccc3C2)cc1. The summed E-state index contributed by atoms with van der Waals surface area (Å²) < 4.78 is 5.23. The van der Waals surface area contributed by atoms with Crippen molar-refractivity contribution >= 4 is 0 Å². The minimum absolute atomic E-state index is 0.439. The number of hydrogen-bond donors (Lipinski definition) is 0. The Morgan fingerprint density at radius 3 is 2.40 bits per heavy atom. The van der Waals surface area contributed by atoms with Gasteiger partial charge in [0.15, 0.2) is 0 Å². The zero-order valence-corrected chi connectivity index (χ0v) is 12.2. The van der Waals surface area contributed by atoms with E-state index in [1.807, 2.05) is 12.1 Å². The van der Waals surface area contributed by atoms with Crippen LogP contribution < -0.4 is 4.74 Å². The summed E-state index contributed by atoms with van der Waals surface area (Å²) in [5, 5.41) is 0. The van der Waals surface area contributed by atoms with Gasteiger partial charge in [-0.2, -0.15) is 0 Å². The summed E-state index contributed by atoms with van der Waals surface area (Å²) in [5.41, 5.74) is 4.33. The molecule has 0 aromatic heterocycles. The monoisotopic (exact) mass is 267 g/mol. The Morgan fingerprint density at radius 1 is 1.00 bits per heavy atom. The average Bonchev–Trinajstić information content (AvgIpc) is 2.54. The molecule has 0 radical (unpaired) electrons. The van der Waals surface area contributed by atoms with Crippen molar-refractivity contribution in [1.29, 1.82) is 0 Å². The molecule has 1 unspecified atom stereocenters. The zero-order chi connectivity index (χ0) is 13.9. The first kappa shape index (κ1) is 13.2. The Kier molecular flexibility index (Phi) is 3.75. The second-order valence-electron chi connectivity index (χ2n) is 5.44. The molecular formula is C18H21NO. The lowest BCUT2D eigenvalue weighted by atomic mass is 9.97. The van der Waals surface area contributed by atoms with Crippen molar-refractivity contribution in [3.8, 4) is 5.75 Å². The van der Waals surface area contributed by atoms with Crippen LogP contribution in [0.2, 0.25) is 0 Å².